The van der Waals surface area contributed by atoms with Gasteiger partial charge in [-0.3, -0.25) is 4.90 Å². The lowest BCUT2D eigenvalue weighted by atomic mass is 9.88. The average molecular weight is 198 g/mol. The van der Waals surface area contributed by atoms with Crippen LogP contribution < -0.4 is 0 Å². The molecule has 2 fully saturated rings. The Balaban J connectivity index is 2.18. The zero-order valence-electron chi connectivity index (χ0n) is 7.74. The Morgan fingerprint density at radius 1 is 1.21 bits per heavy atom. The molecule has 0 radical (unpaired) electrons. The van der Waals surface area contributed by atoms with E-state index in [0.717, 1.165) is 0 Å². The molecular formula is C9H14N2O3. The van der Waals surface area contributed by atoms with Gasteiger partial charge in [-0.2, -0.15) is 5.26 Å². The zero-order chi connectivity index (χ0) is 10.3. The van der Waals surface area contributed by atoms with Crippen LogP contribution in [0.5, 0.6) is 0 Å². The van der Waals surface area contributed by atoms with E-state index in [1.165, 1.54) is 0 Å². The van der Waals surface area contributed by atoms with Crippen molar-refractivity contribution in [2.45, 2.75) is 30.8 Å². The van der Waals surface area contributed by atoms with Crippen molar-refractivity contribution in [3.05, 3.63) is 0 Å². The number of nitrogens with zero attached hydrogens (tertiary/aromatic N) is 2. The molecule has 0 aliphatic carbocycles. The van der Waals surface area contributed by atoms with Gasteiger partial charge < -0.3 is 15.3 Å². The van der Waals surface area contributed by atoms with Crippen molar-refractivity contribution in [2.75, 3.05) is 13.1 Å². The number of aliphatic hydroxyl groups is 3. The van der Waals surface area contributed by atoms with Crippen LogP contribution in [0.1, 0.15) is 6.42 Å². The summed E-state index contributed by atoms with van der Waals surface area (Å²) in [5, 5.41) is 37.6. The lowest BCUT2D eigenvalue weighted by Gasteiger charge is -2.40. The van der Waals surface area contributed by atoms with Gasteiger partial charge >= 0.3 is 0 Å². The Kier molecular flexibility index (Phi) is 2.45. The van der Waals surface area contributed by atoms with E-state index in [-0.39, 0.29) is 0 Å². The lowest BCUT2D eigenvalue weighted by Crippen LogP contribution is -2.58. The van der Waals surface area contributed by atoms with Crippen molar-refractivity contribution in [3.63, 3.8) is 0 Å². The number of rotatable bonds is 0. The SMILES string of the molecule is N#CC1CN2CCC(O)C2C(O)C1O. The van der Waals surface area contributed by atoms with Gasteiger partial charge in [-0.1, -0.05) is 0 Å². The predicted molar refractivity (Wildman–Crippen MR) is 47.1 cm³/mol. The highest BCUT2D eigenvalue weighted by Crippen LogP contribution is 2.30. The molecule has 0 spiro atoms. The standard InChI is InChI=1S/C9H14N2O3/c10-3-5-4-11-2-1-6(12)7(11)9(14)8(5)13/h5-9,12-14H,1-2,4H2. The number of hydrogen-bond donors (Lipinski definition) is 3. The molecule has 5 unspecified atom stereocenters. The third-order valence-electron chi connectivity index (χ3n) is 3.24. The maximum Gasteiger partial charge on any atom is 0.0992 e. The van der Waals surface area contributed by atoms with E-state index in [1.54, 1.807) is 0 Å². The minimum Gasteiger partial charge on any atom is -0.391 e. The number of hydrogen-bond acceptors (Lipinski definition) is 5. The van der Waals surface area contributed by atoms with Gasteiger partial charge in [0, 0.05) is 13.1 Å². The summed E-state index contributed by atoms with van der Waals surface area (Å²) in [5.41, 5.74) is 0. The Morgan fingerprint density at radius 2 is 1.93 bits per heavy atom. The summed E-state index contributed by atoms with van der Waals surface area (Å²) < 4.78 is 0. The maximum absolute atomic E-state index is 9.72. The van der Waals surface area contributed by atoms with E-state index in [4.69, 9.17) is 5.26 Å². The Bertz CT molecular complexity index is 265. The van der Waals surface area contributed by atoms with Gasteiger partial charge in [0.2, 0.25) is 0 Å². The van der Waals surface area contributed by atoms with E-state index in [2.05, 4.69) is 0 Å². The van der Waals surface area contributed by atoms with Crippen LogP contribution in [0.25, 0.3) is 0 Å². The summed E-state index contributed by atoms with van der Waals surface area (Å²) in [5.74, 6) is -0.549. The number of fused-ring (bicyclic) bond motifs is 1. The number of aliphatic hydroxyl groups excluding tert-OH is 3. The third-order valence-corrected chi connectivity index (χ3v) is 3.24. The molecular weight excluding hydrogens is 184 g/mol. The molecule has 0 bridgehead atoms. The Morgan fingerprint density at radius 3 is 2.57 bits per heavy atom. The summed E-state index contributed by atoms with van der Waals surface area (Å²) in [7, 11) is 0. The van der Waals surface area contributed by atoms with Crippen LogP contribution in [0, 0.1) is 17.2 Å². The molecule has 2 saturated heterocycles. The lowest BCUT2D eigenvalue weighted by molar-refractivity contribution is -0.103. The normalized spacial score (nSPS) is 48.6. The quantitative estimate of drug-likeness (QED) is 0.431. The summed E-state index contributed by atoms with van der Waals surface area (Å²) in [6, 6.07) is 1.58. The second kappa shape index (κ2) is 3.48. The highest BCUT2D eigenvalue weighted by Gasteiger charge is 2.48. The zero-order valence-corrected chi connectivity index (χ0v) is 7.74. The smallest absolute Gasteiger partial charge is 0.0992 e. The van der Waals surface area contributed by atoms with Crippen LogP contribution in [0.3, 0.4) is 0 Å². The van der Waals surface area contributed by atoms with Crippen molar-refractivity contribution in [1.82, 2.24) is 4.90 Å². The molecule has 0 aromatic carbocycles. The van der Waals surface area contributed by atoms with Crippen LogP contribution in [-0.2, 0) is 0 Å². The Hall–Kier alpha value is -0.670. The van der Waals surface area contributed by atoms with Gasteiger partial charge in [0.05, 0.1) is 36.3 Å². The largest absolute Gasteiger partial charge is 0.391 e. The second-order valence-electron chi connectivity index (χ2n) is 4.06. The van der Waals surface area contributed by atoms with E-state index in [0.29, 0.717) is 19.5 Å². The highest BCUT2D eigenvalue weighted by atomic mass is 16.3. The summed E-state index contributed by atoms with van der Waals surface area (Å²) >= 11 is 0. The molecule has 2 heterocycles. The van der Waals surface area contributed by atoms with Crippen LogP contribution in [-0.4, -0.2) is 57.7 Å². The monoisotopic (exact) mass is 198 g/mol. The van der Waals surface area contributed by atoms with Gasteiger partial charge in [-0.15, -0.1) is 0 Å². The van der Waals surface area contributed by atoms with E-state index in [9.17, 15) is 15.3 Å². The fraction of sp³-hybridized carbons (Fsp3) is 0.889. The molecule has 14 heavy (non-hydrogen) atoms. The molecule has 2 rings (SSSR count). The van der Waals surface area contributed by atoms with Gasteiger partial charge in [0.25, 0.3) is 0 Å². The first-order valence-electron chi connectivity index (χ1n) is 4.83. The number of piperidine rings is 1. The first kappa shape index (κ1) is 9.87. The van der Waals surface area contributed by atoms with Crippen molar-refractivity contribution in [2.24, 2.45) is 5.92 Å². The molecule has 5 heteroatoms. The van der Waals surface area contributed by atoms with E-state index in [1.807, 2.05) is 11.0 Å². The first-order chi connectivity index (χ1) is 6.65. The van der Waals surface area contributed by atoms with Gasteiger partial charge in [-0.05, 0) is 6.42 Å². The van der Waals surface area contributed by atoms with Crippen LogP contribution in [0.15, 0.2) is 0 Å². The highest BCUT2D eigenvalue weighted by molar-refractivity contribution is 5.06. The van der Waals surface area contributed by atoms with Gasteiger partial charge in [0.1, 0.15) is 0 Å². The van der Waals surface area contributed by atoms with Crippen molar-refractivity contribution in [3.8, 4) is 6.07 Å². The molecule has 5 atom stereocenters. The topological polar surface area (TPSA) is 87.7 Å². The van der Waals surface area contributed by atoms with Gasteiger partial charge in [-0.25, -0.2) is 0 Å². The van der Waals surface area contributed by atoms with Gasteiger partial charge in [0.15, 0.2) is 0 Å². The van der Waals surface area contributed by atoms with Crippen LogP contribution in [0.4, 0.5) is 0 Å². The second-order valence-corrected chi connectivity index (χ2v) is 4.06. The summed E-state index contributed by atoms with van der Waals surface area (Å²) in [6.07, 6.45) is -2.02. The minimum absolute atomic E-state index is 0.394. The summed E-state index contributed by atoms with van der Waals surface area (Å²) in [4.78, 5) is 1.88. The Labute approximate surface area is 82.2 Å². The molecule has 78 valence electrons. The molecule has 5 nitrogen and oxygen atoms in total. The minimum atomic E-state index is -1.03. The fourth-order valence-corrected chi connectivity index (χ4v) is 2.44. The molecule has 2 aliphatic heterocycles. The molecule has 0 aromatic rings. The third kappa shape index (κ3) is 1.31. The molecule has 0 amide bonds. The van der Waals surface area contributed by atoms with Crippen LogP contribution in [0.2, 0.25) is 0 Å². The molecule has 0 aromatic heterocycles. The van der Waals surface area contributed by atoms with E-state index < -0.39 is 30.3 Å². The van der Waals surface area contributed by atoms with Crippen molar-refractivity contribution in [1.29, 1.82) is 5.26 Å². The molecule has 0 saturated carbocycles. The predicted octanol–water partition coefficient (Wildman–Crippen LogP) is -1.70. The number of nitriles is 1. The maximum atomic E-state index is 9.72. The average Bonchev–Trinajstić information content (AvgIpc) is 2.54. The fourth-order valence-electron chi connectivity index (χ4n) is 2.44. The first-order valence-corrected chi connectivity index (χ1v) is 4.83. The van der Waals surface area contributed by atoms with Crippen LogP contribution >= 0.6 is 0 Å². The van der Waals surface area contributed by atoms with Crippen molar-refractivity contribution < 1.29 is 15.3 Å². The van der Waals surface area contributed by atoms with Crippen molar-refractivity contribution >= 4 is 0 Å². The molecule has 3 N–H and O–H groups in total. The summed E-state index contributed by atoms with van der Waals surface area (Å²) in [6.45, 7) is 1.13. The molecule has 2 aliphatic rings. The van der Waals surface area contributed by atoms with E-state index >= 15 is 0 Å².